The van der Waals surface area contributed by atoms with E-state index in [0.29, 0.717) is 6.42 Å². The maximum absolute atomic E-state index is 13.7. The van der Waals surface area contributed by atoms with Gasteiger partial charge in [-0.2, -0.15) is 13.2 Å². The fraction of sp³-hybridized carbons (Fsp3) is 0.659. The first kappa shape index (κ1) is 49.6. The first-order valence-corrected chi connectivity index (χ1v) is 19.8. The van der Waals surface area contributed by atoms with Crippen molar-refractivity contribution in [3.63, 3.8) is 0 Å². The lowest BCUT2D eigenvalue weighted by Gasteiger charge is -2.44. The first-order valence-electron chi connectivity index (χ1n) is 19.8. The zero-order valence-corrected chi connectivity index (χ0v) is 33.9. The van der Waals surface area contributed by atoms with Gasteiger partial charge in [0.05, 0.1) is 18.2 Å². The van der Waals surface area contributed by atoms with Crippen LogP contribution < -0.4 is 5.32 Å². The fourth-order valence-corrected chi connectivity index (χ4v) is 6.17. The average molecular weight is 836 g/mol. The molecule has 0 aromatic heterocycles. The maximum Gasteiger partial charge on any atom is 0.471 e. The zero-order valence-electron chi connectivity index (χ0n) is 33.9. The largest absolute Gasteiger partial charge is 0.471 e. The van der Waals surface area contributed by atoms with Crippen LogP contribution in [0.25, 0.3) is 0 Å². The molecule has 1 aliphatic rings. The van der Waals surface area contributed by atoms with Gasteiger partial charge >= 0.3 is 41.9 Å². The van der Waals surface area contributed by atoms with E-state index in [0.717, 1.165) is 59.8 Å². The number of carbonyl (C=O) groups is 6. The highest BCUT2D eigenvalue weighted by atomic mass is 19.4. The molecule has 1 aromatic rings. The SMILES string of the molecule is CCCCCCCCCCCCC/C=C/[C@@H](OC(=O)c1ccccc1)[C@H](CO[13C@@H]1O[13C@H]([13CH2]OC(C)=O)[13C@@H](OC(C)=O)[13C@H](OC(C)=O)[13C@H]1OC(C)=O)NC(=O)C(F)(F)F. The van der Waals surface area contributed by atoms with Crippen molar-refractivity contribution in [2.75, 3.05) is 13.2 Å². The van der Waals surface area contributed by atoms with Crippen LogP contribution in [0.1, 0.15) is 122 Å². The van der Waals surface area contributed by atoms with Gasteiger partial charge in [-0.1, -0.05) is 95.4 Å². The van der Waals surface area contributed by atoms with Gasteiger partial charge in [0.2, 0.25) is 0 Å². The van der Waals surface area contributed by atoms with Gasteiger partial charge in [-0.3, -0.25) is 24.0 Å². The van der Waals surface area contributed by atoms with Gasteiger partial charge in [0.1, 0.15) is 18.8 Å². The predicted octanol–water partition coefficient (Wildman–Crippen LogP) is 6.62. The molecule has 1 N–H and O–H groups in total. The second-order valence-electron chi connectivity index (χ2n) is 14.0. The molecule has 2 rings (SSSR count). The van der Waals surface area contributed by atoms with E-state index in [1.807, 2.05) is 5.32 Å². The predicted molar refractivity (Wildman–Crippen MR) is 202 cm³/mol. The molecule has 0 radical (unpaired) electrons. The van der Waals surface area contributed by atoms with Crippen LogP contribution in [0, 0.1) is 0 Å². The van der Waals surface area contributed by atoms with Crippen molar-refractivity contribution in [2.45, 2.75) is 161 Å². The number of nitrogens with one attached hydrogen (secondary N) is 1. The number of rotatable bonds is 25. The topological polar surface area (TPSA) is 179 Å². The van der Waals surface area contributed by atoms with Gasteiger partial charge in [-0.25, -0.2) is 4.79 Å². The molecule has 0 bridgehead atoms. The highest BCUT2D eigenvalue weighted by Crippen LogP contribution is 2.30. The number of amides is 1. The molecule has 14 nitrogen and oxygen atoms in total. The lowest BCUT2D eigenvalue weighted by molar-refractivity contribution is -0.309. The summed E-state index contributed by atoms with van der Waals surface area (Å²) in [6.07, 6.45) is 0.710. The summed E-state index contributed by atoms with van der Waals surface area (Å²) >= 11 is 0. The molecule has 1 saturated heterocycles. The Kier molecular flexibility index (Phi) is 22.7. The summed E-state index contributed by atoms with van der Waals surface area (Å²) in [5.74, 6) is -6.80. The Morgan fingerprint density at radius 2 is 1.28 bits per heavy atom. The summed E-state index contributed by atoms with van der Waals surface area (Å²) in [5, 5.41) is 1.83. The molecule has 0 unspecified atom stereocenters. The van der Waals surface area contributed by atoms with Crippen LogP contribution in [0.3, 0.4) is 0 Å². The standard InChI is InChI=1S/C41H58F3NO13/c1-6-7-8-9-10-11-12-13-14-15-16-17-21-24-33(57-38(50)31-22-19-18-20-23-31)32(45-40(51)41(42,43)44)25-53-39-37(56-30(5)49)36(55-29(4)48)35(54-28(3)47)34(58-39)26-52-27(2)46/h18-24,32-37,39H,6-17,25-26H2,1-5H3,(H,45,51)/b24-21+/t32-,33+,34+,35+,36-,37+,39+/m0/s1/i26+1,34+1,35+1,36+1,37+1,39+1. The number of halogens is 3. The summed E-state index contributed by atoms with van der Waals surface area (Å²) in [6, 6.07) is 5.91. The maximum atomic E-state index is 13.7. The summed E-state index contributed by atoms with van der Waals surface area (Å²) in [7, 11) is 0. The van der Waals surface area contributed by atoms with Crippen molar-refractivity contribution in [1.82, 2.24) is 5.32 Å². The van der Waals surface area contributed by atoms with Crippen LogP contribution in [0.2, 0.25) is 0 Å². The van der Waals surface area contributed by atoms with Crippen LogP contribution in [-0.4, -0.2) is 98.0 Å². The van der Waals surface area contributed by atoms with E-state index in [1.54, 1.807) is 24.3 Å². The second kappa shape index (κ2) is 26.5. The molecule has 1 aromatic carbocycles. The first-order chi connectivity index (χ1) is 27.5. The number of carbonyl (C=O) groups excluding carboxylic acids is 6. The third-order valence-electron chi connectivity index (χ3n) is 8.91. The fourth-order valence-electron chi connectivity index (χ4n) is 6.17. The highest BCUT2D eigenvalue weighted by Gasteiger charge is 2.53. The number of esters is 5. The van der Waals surface area contributed by atoms with Gasteiger partial charge in [0.25, 0.3) is 0 Å². The highest BCUT2D eigenvalue weighted by molar-refractivity contribution is 5.89. The molecule has 7 atom stereocenters. The summed E-state index contributed by atoms with van der Waals surface area (Å²) < 4.78 is 79.7. The second-order valence-corrected chi connectivity index (χ2v) is 14.0. The lowest BCUT2D eigenvalue weighted by atomic mass is 10.0. The molecular formula is C41H58F3NO13. The number of unbranched alkanes of at least 4 members (excludes halogenated alkanes) is 11. The molecule has 0 spiro atoms. The Balaban J connectivity index is 2.40. The smallest absolute Gasteiger partial charge is 0.463 e. The van der Waals surface area contributed by atoms with Crippen LogP contribution in [0.15, 0.2) is 42.5 Å². The summed E-state index contributed by atoms with van der Waals surface area (Å²) in [6.45, 7) is 4.85. The van der Waals surface area contributed by atoms with E-state index in [1.165, 1.54) is 56.7 Å². The van der Waals surface area contributed by atoms with E-state index >= 15 is 0 Å². The number of hydrogen-bond acceptors (Lipinski definition) is 13. The molecular weight excluding hydrogens is 777 g/mol. The monoisotopic (exact) mass is 835 g/mol. The minimum absolute atomic E-state index is 0.0765. The van der Waals surface area contributed by atoms with E-state index in [-0.39, 0.29) is 5.56 Å². The van der Waals surface area contributed by atoms with Gasteiger partial charge < -0.3 is 38.5 Å². The minimum Gasteiger partial charge on any atom is -0.463 e. The molecule has 1 amide bonds. The third-order valence-corrected chi connectivity index (χ3v) is 8.91. The van der Waals surface area contributed by atoms with Crippen LogP contribution in [-0.2, 0) is 57.1 Å². The van der Waals surface area contributed by atoms with E-state index in [2.05, 4.69) is 6.92 Å². The molecule has 1 heterocycles. The number of ether oxygens (including phenoxy) is 7. The van der Waals surface area contributed by atoms with Gasteiger partial charge in [0, 0.05) is 27.7 Å². The molecule has 1 aliphatic heterocycles. The third kappa shape index (κ3) is 19.3. The quantitative estimate of drug-likeness (QED) is 0.0366. The Morgan fingerprint density at radius 3 is 1.81 bits per heavy atom. The van der Waals surface area contributed by atoms with Crippen molar-refractivity contribution in [1.29, 1.82) is 0 Å². The van der Waals surface area contributed by atoms with Crippen molar-refractivity contribution < 1.29 is 75.1 Å². The summed E-state index contributed by atoms with van der Waals surface area (Å²) in [5.41, 5.74) is 0.0765. The minimum atomic E-state index is -5.36. The van der Waals surface area contributed by atoms with Gasteiger partial charge in [-0.05, 0) is 31.1 Å². The normalized spacial score (nSPS) is 20.4. The Hall–Kier alpha value is -4.51. The number of allylic oxidation sites excluding steroid dienone is 1. The van der Waals surface area contributed by atoms with Crippen LogP contribution in [0.4, 0.5) is 13.2 Å². The molecule has 0 aliphatic carbocycles. The number of hydrogen-bond donors (Lipinski definition) is 1. The molecule has 326 valence electrons. The molecule has 17 heteroatoms. The van der Waals surface area contributed by atoms with Crippen molar-refractivity contribution in [3.05, 3.63) is 48.0 Å². The van der Waals surface area contributed by atoms with Crippen LogP contribution >= 0.6 is 0 Å². The van der Waals surface area contributed by atoms with Crippen LogP contribution in [0.5, 0.6) is 0 Å². The van der Waals surface area contributed by atoms with Crippen molar-refractivity contribution >= 4 is 35.8 Å². The van der Waals surface area contributed by atoms with Gasteiger partial charge in [0.15, 0.2) is 24.6 Å². The van der Waals surface area contributed by atoms with E-state index in [9.17, 15) is 41.9 Å². The van der Waals surface area contributed by atoms with E-state index in [4.69, 9.17) is 33.2 Å². The van der Waals surface area contributed by atoms with Crippen molar-refractivity contribution in [2.24, 2.45) is 0 Å². The van der Waals surface area contributed by atoms with Gasteiger partial charge in [-0.15, -0.1) is 0 Å². The molecule has 1 fully saturated rings. The van der Waals surface area contributed by atoms with E-state index < -0.39 is 98.0 Å². The summed E-state index contributed by atoms with van der Waals surface area (Å²) in [4.78, 5) is 74.0. The molecule has 58 heavy (non-hydrogen) atoms. The number of benzene rings is 1. The Morgan fingerprint density at radius 1 is 0.741 bits per heavy atom. The molecule has 0 saturated carbocycles. The zero-order chi connectivity index (χ0) is 43.1. The average Bonchev–Trinajstić information content (AvgIpc) is 3.15. The number of alkyl halides is 3. The lowest BCUT2D eigenvalue weighted by Crippen LogP contribution is -2.63. The Labute approximate surface area is 337 Å². The Bertz CT molecular complexity index is 1470. The van der Waals surface area contributed by atoms with Crippen molar-refractivity contribution in [3.8, 4) is 0 Å².